The predicted octanol–water partition coefficient (Wildman–Crippen LogP) is 2.23. The molecule has 1 aromatic carbocycles. The van der Waals surface area contributed by atoms with Crippen molar-refractivity contribution in [3.05, 3.63) is 35.9 Å². The maximum absolute atomic E-state index is 8.64. The highest BCUT2D eigenvalue weighted by Crippen LogP contribution is 2.17. The maximum atomic E-state index is 8.64. The van der Waals surface area contributed by atoms with Gasteiger partial charge in [0.25, 0.3) is 0 Å². The number of H-pyrrole nitrogens is 1. The molecule has 0 fully saturated rings. The number of para-hydroxylation sites is 1. The number of benzene rings is 1. The fourth-order valence-electron chi connectivity index (χ4n) is 1.10. The molecule has 0 aliphatic heterocycles. The topological polar surface area (TPSA) is 39.6 Å². The van der Waals surface area contributed by atoms with Crippen molar-refractivity contribution in [3.8, 4) is 6.07 Å². The molecule has 2 rings (SSSR count). The highest BCUT2D eigenvalue weighted by molar-refractivity contribution is 5.83. The van der Waals surface area contributed by atoms with Gasteiger partial charge >= 0.3 is 0 Å². The van der Waals surface area contributed by atoms with E-state index in [9.17, 15) is 0 Å². The lowest BCUT2D eigenvalue weighted by molar-refractivity contribution is 1.28. The summed E-state index contributed by atoms with van der Waals surface area (Å²) >= 11 is 0. The van der Waals surface area contributed by atoms with Crippen LogP contribution in [-0.4, -0.2) is 4.98 Å². The monoisotopic (exact) mass is 160 g/mol. The van der Waals surface area contributed by atoms with Gasteiger partial charge in [0, 0.05) is 17.1 Å². The Morgan fingerprint density at radius 1 is 1.58 bits per heavy atom. The quantitative estimate of drug-likeness (QED) is 0.682. The smallest absolute Gasteiger partial charge is 0.0819 e. The Labute approximate surface area is 76.1 Å². The van der Waals surface area contributed by atoms with Crippen molar-refractivity contribution in [1.29, 1.82) is 5.26 Å². The van der Waals surface area contributed by atoms with E-state index in [1.165, 1.54) is 6.07 Å². The fraction of sp³-hybridized carbons (Fsp3) is 0.100. The third-order valence-electron chi connectivity index (χ3n) is 1.65. The second-order valence-electron chi connectivity index (χ2n) is 2.39. The molecule has 58 valence electrons. The number of hydrogen-bond donors (Lipinski definition) is 1. The molecule has 0 saturated carbocycles. The molecular weight excluding hydrogens is 148 g/mol. The number of hydrogen-bond acceptors (Lipinski definition) is 1. The van der Waals surface area contributed by atoms with Gasteiger partial charge in [-0.2, -0.15) is 5.26 Å². The van der Waals surface area contributed by atoms with Gasteiger partial charge in [-0.15, -0.1) is 0 Å². The van der Waals surface area contributed by atoms with Crippen LogP contribution in [0, 0.1) is 11.3 Å². The molecule has 0 atom stereocenters. The Morgan fingerprint density at radius 3 is 3.33 bits per heavy atom. The van der Waals surface area contributed by atoms with Crippen molar-refractivity contribution in [1.82, 2.24) is 4.98 Å². The van der Waals surface area contributed by atoms with Crippen LogP contribution in [0.25, 0.3) is 10.9 Å². The van der Waals surface area contributed by atoms with Crippen molar-refractivity contribution in [2.45, 2.75) is 6.42 Å². The van der Waals surface area contributed by atoms with Gasteiger partial charge < -0.3 is 4.98 Å². The second kappa shape index (κ2) is 2.71. The third kappa shape index (κ3) is 0.960. The van der Waals surface area contributed by atoms with Crippen LogP contribution in [0.2, 0.25) is 0 Å². The molecule has 0 amide bonds. The van der Waals surface area contributed by atoms with Crippen LogP contribution < -0.4 is 0 Å². The molecule has 0 unspecified atom stereocenters. The first-order chi connectivity index (χ1) is 7.56. The maximum Gasteiger partial charge on any atom is 0.0819 e. The van der Waals surface area contributed by atoms with Crippen molar-refractivity contribution in [2.75, 3.05) is 0 Å². The van der Waals surface area contributed by atoms with Gasteiger partial charge in [-0.05, 0) is 11.6 Å². The zero-order chi connectivity index (χ0) is 11.9. The molecule has 0 bridgehead atoms. The standard InChI is InChI=1S/C10H8N2/c11-6-5-8-7-12-10-4-2-1-3-9(8)10/h1-4,7,12H,5H2/i1D,2D,3D,7D. The molecule has 0 spiro atoms. The number of nitrogens with one attached hydrogen (secondary N) is 1. The molecule has 2 aromatic rings. The van der Waals surface area contributed by atoms with Gasteiger partial charge in [0.15, 0.2) is 0 Å². The van der Waals surface area contributed by atoms with Gasteiger partial charge in [-0.3, -0.25) is 0 Å². The Hall–Kier alpha value is -1.75. The Kier molecular flexibility index (Phi) is 0.851. The Bertz CT molecular complexity index is 610. The van der Waals surface area contributed by atoms with Crippen molar-refractivity contribution in [2.24, 2.45) is 0 Å². The minimum atomic E-state index is -0.175. The molecule has 1 N–H and O–H groups in total. The van der Waals surface area contributed by atoms with Crippen molar-refractivity contribution >= 4 is 10.9 Å². The first-order valence-corrected chi connectivity index (χ1v) is 3.51. The van der Waals surface area contributed by atoms with E-state index >= 15 is 0 Å². The predicted molar refractivity (Wildman–Crippen MR) is 47.6 cm³/mol. The number of rotatable bonds is 1. The molecule has 2 heteroatoms. The number of aromatic amines is 1. The summed E-state index contributed by atoms with van der Waals surface area (Å²) in [7, 11) is 0. The average Bonchev–Trinajstić information content (AvgIpc) is 2.53. The van der Waals surface area contributed by atoms with E-state index in [0.717, 1.165) is 0 Å². The number of fused-ring (bicyclic) bond motifs is 1. The molecule has 2 nitrogen and oxygen atoms in total. The van der Waals surface area contributed by atoms with Crippen LogP contribution in [0.1, 0.15) is 11.0 Å². The second-order valence-corrected chi connectivity index (χ2v) is 2.39. The van der Waals surface area contributed by atoms with Gasteiger partial charge in [-0.25, -0.2) is 0 Å². The Morgan fingerprint density at radius 2 is 2.50 bits per heavy atom. The minimum Gasteiger partial charge on any atom is -0.361 e. The lowest BCUT2D eigenvalue weighted by Crippen LogP contribution is -1.75. The van der Waals surface area contributed by atoms with Gasteiger partial charge in [0.05, 0.1) is 18.0 Å². The molecule has 0 aliphatic rings. The summed E-state index contributed by atoms with van der Waals surface area (Å²) in [4.78, 5) is 2.71. The normalized spacial score (nSPS) is 14.6. The van der Waals surface area contributed by atoms with Crippen LogP contribution in [0.15, 0.2) is 30.4 Å². The lowest BCUT2D eigenvalue weighted by Gasteiger charge is -1.89. The zero-order valence-corrected chi connectivity index (χ0v) is 6.23. The Balaban J connectivity index is 2.88. The minimum absolute atomic E-state index is 0.0293. The molecule has 0 aliphatic carbocycles. The molecule has 1 aromatic heterocycles. The van der Waals surface area contributed by atoms with E-state index in [4.69, 9.17) is 10.7 Å². The first kappa shape index (κ1) is 3.77. The van der Waals surface area contributed by atoms with Crippen LogP contribution in [0.4, 0.5) is 0 Å². The highest BCUT2D eigenvalue weighted by Gasteiger charge is 2.00. The van der Waals surface area contributed by atoms with Gasteiger partial charge in [0.2, 0.25) is 0 Å². The van der Waals surface area contributed by atoms with E-state index < -0.39 is 0 Å². The zero-order valence-electron chi connectivity index (χ0n) is 10.2. The SMILES string of the molecule is [2H]c1cc2[nH]c([2H])c(CC#N)c2c([2H])c1[2H]. The number of aromatic nitrogens is 1. The number of nitrogens with zero attached hydrogens (tertiary/aromatic N) is 1. The molecule has 0 saturated heterocycles. The molecular formula is C10H8N2. The van der Waals surface area contributed by atoms with E-state index in [1.54, 1.807) is 0 Å². The van der Waals surface area contributed by atoms with E-state index in [1.807, 2.05) is 6.07 Å². The largest absolute Gasteiger partial charge is 0.361 e. The summed E-state index contributed by atoms with van der Waals surface area (Å²) in [5, 5.41) is 9.05. The van der Waals surface area contributed by atoms with Gasteiger partial charge in [0.1, 0.15) is 0 Å². The third-order valence-corrected chi connectivity index (χ3v) is 1.65. The van der Waals surface area contributed by atoms with Crippen molar-refractivity contribution < 1.29 is 5.48 Å². The van der Waals surface area contributed by atoms with E-state index in [2.05, 4.69) is 4.98 Å². The fourth-order valence-corrected chi connectivity index (χ4v) is 1.10. The van der Waals surface area contributed by atoms with Crippen molar-refractivity contribution in [3.63, 3.8) is 0 Å². The summed E-state index contributed by atoms with van der Waals surface area (Å²) < 4.78 is 30.4. The van der Waals surface area contributed by atoms with Gasteiger partial charge in [-0.1, -0.05) is 18.1 Å². The summed E-state index contributed by atoms with van der Waals surface area (Å²) in [6.45, 7) is 0. The van der Waals surface area contributed by atoms with Crippen LogP contribution in [0.5, 0.6) is 0 Å². The molecule has 12 heavy (non-hydrogen) atoms. The molecule has 0 radical (unpaired) electrons. The van der Waals surface area contributed by atoms with Crippen LogP contribution in [0.3, 0.4) is 0 Å². The van der Waals surface area contributed by atoms with Crippen LogP contribution in [-0.2, 0) is 6.42 Å². The first-order valence-electron chi connectivity index (χ1n) is 5.51. The molecule has 1 heterocycles. The van der Waals surface area contributed by atoms with Crippen LogP contribution >= 0.6 is 0 Å². The summed E-state index contributed by atoms with van der Waals surface area (Å²) in [5.41, 5.74) is 0.900. The lowest BCUT2D eigenvalue weighted by atomic mass is 10.1. The average molecular weight is 160 g/mol. The summed E-state index contributed by atoms with van der Waals surface area (Å²) in [5.74, 6) is 0. The summed E-state index contributed by atoms with van der Waals surface area (Å²) in [6, 6.07) is 3.02. The summed E-state index contributed by atoms with van der Waals surface area (Å²) in [6.07, 6.45) is 0.108. The number of nitriles is 1. The van der Waals surface area contributed by atoms with E-state index in [0.29, 0.717) is 16.5 Å². The van der Waals surface area contributed by atoms with E-state index in [-0.39, 0.29) is 30.7 Å². The highest BCUT2D eigenvalue weighted by atomic mass is 14.7.